The lowest BCUT2D eigenvalue weighted by molar-refractivity contribution is -0.116. The zero-order valence-electron chi connectivity index (χ0n) is 12.6. The molecule has 3 N–H and O–H groups in total. The van der Waals surface area contributed by atoms with Gasteiger partial charge in [0.2, 0.25) is 5.91 Å². The third-order valence-corrected chi connectivity index (χ3v) is 2.76. The summed E-state index contributed by atoms with van der Waals surface area (Å²) >= 11 is 0. The lowest BCUT2D eigenvalue weighted by atomic mass is 10.1. The van der Waals surface area contributed by atoms with E-state index in [1.807, 2.05) is 13.8 Å². The Morgan fingerprint density at radius 3 is 2.52 bits per heavy atom. The molecule has 0 radical (unpaired) electrons. The number of anilines is 1. The summed E-state index contributed by atoms with van der Waals surface area (Å²) in [6.45, 7) is 4.92. The van der Waals surface area contributed by atoms with Gasteiger partial charge < -0.3 is 16.0 Å². The molecule has 0 bridgehead atoms. The average Bonchev–Trinajstić information content (AvgIpc) is 2.40. The van der Waals surface area contributed by atoms with E-state index in [0.717, 1.165) is 6.07 Å². The molecule has 0 spiro atoms. The van der Waals surface area contributed by atoms with Crippen molar-refractivity contribution in [3.8, 4) is 0 Å². The molecule has 5 nitrogen and oxygen atoms in total. The summed E-state index contributed by atoms with van der Waals surface area (Å²) in [6.07, 6.45) is 0.325. The summed E-state index contributed by atoms with van der Waals surface area (Å²) < 4.78 is 13.9. The second kappa shape index (κ2) is 8.36. The lowest BCUT2D eigenvalue weighted by Crippen LogP contribution is -2.30. The first-order valence-corrected chi connectivity index (χ1v) is 6.96. The van der Waals surface area contributed by atoms with Crippen LogP contribution in [0, 0.1) is 11.7 Å². The number of carbonyl (C=O) groups is 2. The van der Waals surface area contributed by atoms with E-state index in [2.05, 4.69) is 16.0 Å². The molecule has 1 aromatic rings. The fourth-order valence-corrected chi connectivity index (χ4v) is 1.73. The second-order valence-electron chi connectivity index (χ2n) is 5.20. The van der Waals surface area contributed by atoms with Crippen LogP contribution < -0.4 is 16.0 Å². The maximum absolute atomic E-state index is 13.9. The Hall–Kier alpha value is -1.95. The first-order valence-electron chi connectivity index (χ1n) is 6.96. The third-order valence-electron chi connectivity index (χ3n) is 2.76. The summed E-state index contributed by atoms with van der Waals surface area (Å²) in [7, 11) is 1.78. The minimum Gasteiger partial charge on any atom is -0.351 e. The Labute approximate surface area is 124 Å². The van der Waals surface area contributed by atoms with Gasteiger partial charge in [-0.2, -0.15) is 0 Å². The highest BCUT2D eigenvalue weighted by molar-refractivity contribution is 5.96. The standard InChI is InChI=1S/C15H22FN3O2/c1-10(2)8-14(20)19-13-5-4-11(9-12(13)16)15(21)18-7-6-17-3/h4-5,9-10,17H,6-8H2,1-3H3,(H,18,21)(H,19,20). The molecule has 6 heteroatoms. The van der Waals surface area contributed by atoms with E-state index in [9.17, 15) is 14.0 Å². The van der Waals surface area contributed by atoms with Gasteiger partial charge in [0.1, 0.15) is 5.82 Å². The number of hydrogen-bond acceptors (Lipinski definition) is 3. The molecule has 0 atom stereocenters. The number of rotatable bonds is 7. The van der Waals surface area contributed by atoms with Gasteiger partial charge in [0.15, 0.2) is 0 Å². The molecular weight excluding hydrogens is 273 g/mol. The van der Waals surface area contributed by atoms with Crippen LogP contribution in [0.15, 0.2) is 18.2 Å². The smallest absolute Gasteiger partial charge is 0.251 e. The van der Waals surface area contributed by atoms with E-state index in [0.29, 0.717) is 19.5 Å². The Kier molecular flexibility index (Phi) is 6.81. The number of hydrogen-bond donors (Lipinski definition) is 3. The van der Waals surface area contributed by atoms with Crippen molar-refractivity contribution in [2.24, 2.45) is 5.92 Å². The van der Waals surface area contributed by atoms with Crippen LogP contribution in [0.1, 0.15) is 30.6 Å². The van der Waals surface area contributed by atoms with Crippen molar-refractivity contribution in [2.45, 2.75) is 20.3 Å². The predicted octanol–water partition coefficient (Wildman–Crippen LogP) is 1.76. The SMILES string of the molecule is CNCCNC(=O)c1ccc(NC(=O)CC(C)C)c(F)c1. The van der Waals surface area contributed by atoms with Gasteiger partial charge in [-0.25, -0.2) is 4.39 Å². The molecule has 0 fully saturated rings. The first kappa shape index (κ1) is 17.1. The van der Waals surface area contributed by atoms with E-state index in [4.69, 9.17) is 0 Å². The number of nitrogens with one attached hydrogen (secondary N) is 3. The van der Waals surface area contributed by atoms with Gasteiger partial charge >= 0.3 is 0 Å². The molecule has 1 aromatic carbocycles. The highest BCUT2D eigenvalue weighted by atomic mass is 19.1. The zero-order valence-corrected chi connectivity index (χ0v) is 12.6. The largest absolute Gasteiger partial charge is 0.351 e. The summed E-state index contributed by atoms with van der Waals surface area (Å²) in [6, 6.07) is 4.02. The van der Waals surface area contributed by atoms with Crippen LogP contribution in [0.3, 0.4) is 0 Å². The van der Waals surface area contributed by atoms with E-state index in [1.165, 1.54) is 12.1 Å². The van der Waals surface area contributed by atoms with Gasteiger partial charge in [-0.05, 0) is 31.2 Å². The van der Waals surface area contributed by atoms with Crippen LogP contribution in [0.5, 0.6) is 0 Å². The molecule has 2 amide bonds. The highest BCUT2D eigenvalue weighted by Gasteiger charge is 2.12. The van der Waals surface area contributed by atoms with Crippen molar-refractivity contribution in [2.75, 3.05) is 25.5 Å². The van der Waals surface area contributed by atoms with Crippen molar-refractivity contribution >= 4 is 17.5 Å². The van der Waals surface area contributed by atoms with Crippen molar-refractivity contribution in [3.63, 3.8) is 0 Å². The molecule has 0 saturated carbocycles. The summed E-state index contributed by atoms with van der Waals surface area (Å²) in [5, 5.41) is 8.06. The molecule has 21 heavy (non-hydrogen) atoms. The first-order chi connectivity index (χ1) is 9.93. The van der Waals surface area contributed by atoms with Gasteiger partial charge in [-0.1, -0.05) is 13.8 Å². The number of carbonyl (C=O) groups excluding carboxylic acids is 2. The zero-order chi connectivity index (χ0) is 15.8. The number of halogens is 1. The molecule has 1 rings (SSSR count). The number of benzene rings is 1. The van der Waals surface area contributed by atoms with Gasteiger partial charge in [0.05, 0.1) is 5.69 Å². The van der Waals surface area contributed by atoms with Crippen molar-refractivity contribution in [3.05, 3.63) is 29.6 Å². The van der Waals surface area contributed by atoms with Crippen LogP contribution >= 0.6 is 0 Å². The van der Waals surface area contributed by atoms with Crippen LogP contribution in [0.4, 0.5) is 10.1 Å². The maximum atomic E-state index is 13.9. The fourth-order valence-electron chi connectivity index (χ4n) is 1.73. The summed E-state index contributed by atoms with van der Waals surface area (Å²) in [5.41, 5.74) is 0.317. The fraction of sp³-hybridized carbons (Fsp3) is 0.467. The Morgan fingerprint density at radius 2 is 1.95 bits per heavy atom. The molecule has 0 heterocycles. The maximum Gasteiger partial charge on any atom is 0.251 e. The summed E-state index contributed by atoms with van der Waals surface area (Å²) in [5.74, 6) is -1.00. The Morgan fingerprint density at radius 1 is 1.24 bits per heavy atom. The van der Waals surface area contributed by atoms with Gasteiger partial charge in [-0.15, -0.1) is 0 Å². The van der Waals surface area contributed by atoms with Gasteiger partial charge in [0, 0.05) is 25.1 Å². The van der Waals surface area contributed by atoms with Crippen molar-refractivity contribution in [1.82, 2.24) is 10.6 Å². The Bertz CT molecular complexity index is 504. The number of amides is 2. The Balaban J connectivity index is 2.67. The topological polar surface area (TPSA) is 70.2 Å². The van der Waals surface area contributed by atoms with Crippen LogP contribution in [0.2, 0.25) is 0 Å². The quantitative estimate of drug-likeness (QED) is 0.671. The summed E-state index contributed by atoms with van der Waals surface area (Å²) in [4.78, 5) is 23.4. The van der Waals surface area contributed by atoms with Crippen LogP contribution in [-0.2, 0) is 4.79 Å². The van der Waals surface area contributed by atoms with Crippen LogP contribution in [0.25, 0.3) is 0 Å². The monoisotopic (exact) mass is 295 g/mol. The normalized spacial score (nSPS) is 10.5. The molecule has 0 aliphatic carbocycles. The lowest BCUT2D eigenvalue weighted by Gasteiger charge is -2.10. The molecule has 0 saturated heterocycles. The molecule has 0 aliphatic heterocycles. The average molecular weight is 295 g/mol. The minimum absolute atomic E-state index is 0.0902. The molecule has 0 aliphatic rings. The molecule has 0 unspecified atom stereocenters. The molecular formula is C15H22FN3O2. The second-order valence-corrected chi connectivity index (χ2v) is 5.20. The molecule has 0 aromatic heterocycles. The van der Waals surface area contributed by atoms with E-state index in [1.54, 1.807) is 7.05 Å². The van der Waals surface area contributed by atoms with Crippen LogP contribution in [-0.4, -0.2) is 32.0 Å². The predicted molar refractivity (Wildman–Crippen MR) is 80.7 cm³/mol. The minimum atomic E-state index is -0.617. The van der Waals surface area contributed by atoms with E-state index in [-0.39, 0.29) is 29.0 Å². The van der Waals surface area contributed by atoms with E-state index >= 15 is 0 Å². The third kappa shape index (κ3) is 5.91. The van der Waals surface area contributed by atoms with Gasteiger partial charge in [0.25, 0.3) is 5.91 Å². The van der Waals surface area contributed by atoms with Gasteiger partial charge in [-0.3, -0.25) is 9.59 Å². The van der Waals surface area contributed by atoms with Crippen molar-refractivity contribution < 1.29 is 14.0 Å². The van der Waals surface area contributed by atoms with Crippen molar-refractivity contribution in [1.29, 1.82) is 0 Å². The highest BCUT2D eigenvalue weighted by Crippen LogP contribution is 2.16. The van der Waals surface area contributed by atoms with E-state index < -0.39 is 5.82 Å². The number of likely N-dealkylation sites (N-methyl/N-ethyl adjacent to an activating group) is 1. The molecule has 116 valence electrons.